The first-order valence-corrected chi connectivity index (χ1v) is 10.6. The molecule has 1 aromatic heterocycles. The van der Waals surface area contributed by atoms with E-state index in [0.717, 1.165) is 17.7 Å². The van der Waals surface area contributed by atoms with Gasteiger partial charge in [-0.25, -0.2) is 4.98 Å². The number of nitrogens with two attached hydrogens (primary N) is 2. The maximum atomic E-state index is 12.1. The van der Waals surface area contributed by atoms with Gasteiger partial charge in [0.15, 0.2) is 5.13 Å². The summed E-state index contributed by atoms with van der Waals surface area (Å²) in [5.74, 6) is -0.154. The summed E-state index contributed by atoms with van der Waals surface area (Å²) in [5, 5.41) is 8.09. The van der Waals surface area contributed by atoms with Crippen LogP contribution in [0.4, 0.5) is 22.2 Å². The number of nitrogen functional groups attached to an aromatic ring is 2. The summed E-state index contributed by atoms with van der Waals surface area (Å²) in [6.45, 7) is 0. The van der Waals surface area contributed by atoms with E-state index in [1.165, 1.54) is 11.3 Å². The van der Waals surface area contributed by atoms with Gasteiger partial charge in [-0.05, 0) is 37.1 Å². The molecule has 3 aromatic rings. The zero-order valence-corrected chi connectivity index (χ0v) is 17.4. The second-order valence-corrected chi connectivity index (χ2v) is 7.77. The van der Waals surface area contributed by atoms with Crippen LogP contribution in [0, 0.1) is 0 Å². The number of aromatic nitrogens is 1. The van der Waals surface area contributed by atoms with Gasteiger partial charge >= 0.3 is 0 Å². The molecule has 6 N–H and O–H groups in total. The molecule has 0 aliphatic rings. The zero-order valence-electron chi connectivity index (χ0n) is 16.6. The number of nitrogens with zero attached hydrogens (tertiary/aromatic N) is 1. The van der Waals surface area contributed by atoms with Gasteiger partial charge < -0.3 is 22.1 Å². The molecule has 3 rings (SSSR count). The van der Waals surface area contributed by atoms with Gasteiger partial charge in [0.1, 0.15) is 0 Å². The maximum Gasteiger partial charge on any atom is 0.226 e. The first-order chi connectivity index (χ1) is 14.5. The van der Waals surface area contributed by atoms with Gasteiger partial charge in [0, 0.05) is 29.5 Å². The highest BCUT2D eigenvalue weighted by atomic mass is 32.1. The lowest BCUT2D eigenvalue weighted by molar-refractivity contribution is -0.116. The van der Waals surface area contributed by atoms with Crippen molar-refractivity contribution in [2.75, 3.05) is 22.1 Å². The average Bonchev–Trinajstić information content (AvgIpc) is 3.18. The summed E-state index contributed by atoms with van der Waals surface area (Å²) in [6, 6.07) is 14.6. The van der Waals surface area contributed by atoms with E-state index >= 15 is 0 Å². The minimum atomic E-state index is -0.0787. The number of para-hydroxylation sites is 2. The fraction of sp³-hybridized carbons (Fsp3) is 0.227. The molecule has 0 unspecified atom stereocenters. The number of rotatable bonds is 9. The second kappa shape index (κ2) is 10.4. The Balaban J connectivity index is 1.34. The minimum Gasteiger partial charge on any atom is -0.399 e. The van der Waals surface area contributed by atoms with Crippen molar-refractivity contribution in [3.8, 4) is 11.3 Å². The highest BCUT2D eigenvalue weighted by molar-refractivity contribution is 7.14. The predicted molar refractivity (Wildman–Crippen MR) is 123 cm³/mol. The van der Waals surface area contributed by atoms with Crippen molar-refractivity contribution < 1.29 is 9.59 Å². The van der Waals surface area contributed by atoms with Gasteiger partial charge in [0.25, 0.3) is 0 Å². The molecule has 1 heterocycles. The van der Waals surface area contributed by atoms with Crippen LogP contribution in [-0.2, 0) is 9.59 Å². The molecule has 0 aliphatic carbocycles. The Morgan fingerprint density at radius 2 is 1.63 bits per heavy atom. The number of thiazole rings is 1. The van der Waals surface area contributed by atoms with Crippen molar-refractivity contribution in [1.29, 1.82) is 0 Å². The van der Waals surface area contributed by atoms with E-state index in [0.29, 0.717) is 47.9 Å². The number of carbonyl (C=O) groups is 2. The third kappa shape index (κ3) is 6.31. The molecule has 0 atom stereocenters. The highest BCUT2D eigenvalue weighted by Gasteiger charge is 2.09. The third-order valence-corrected chi connectivity index (χ3v) is 5.23. The Bertz CT molecular complexity index is 1020. The number of amides is 2. The third-order valence-electron chi connectivity index (χ3n) is 4.48. The number of carbonyl (C=O) groups excluding carboxylic acids is 2. The van der Waals surface area contributed by atoms with E-state index < -0.39 is 0 Å². The monoisotopic (exact) mass is 423 g/mol. The molecule has 0 fully saturated rings. The maximum absolute atomic E-state index is 12.1. The first kappa shape index (κ1) is 21.3. The van der Waals surface area contributed by atoms with Gasteiger partial charge in [-0.2, -0.15) is 0 Å². The van der Waals surface area contributed by atoms with Crippen LogP contribution in [-0.4, -0.2) is 16.8 Å². The lowest BCUT2D eigenvalue weighted by Crippen LogP contribution is -2.13. The number of benzene rings is 2. The molecule has 0 bridgehead atoms. The molecule has 2 amide bonds. The van der Waals surface area contributed by atoms with Gasteiger partial charge in [0.05, 0.1) is 17.1 Å². The molecule has 8 heteroatoms. The summed E-state index contributed by atoms with van der Waals surface area (Å²) in [7, 11) is 0. The molecule has 0 spiro atoms. The van der Waals surface area contributed by atoms with Crippen LogP contribution < -0.4 is 22.1 Å². The molecular formula is C22H25N5O2S. The Labute approximate surface area is 179 Å². The van der Waals surface area contributed by atoms with E-state index in [4.69, 9.17) is 11.5 Å². The Morgan fingerprint density at radius 3 is 2.37 bits per heavy atom. The predicted octanol–water partition coefficient (Wildman–Crippen LogP) is 4.50. The van der Waals surface area contributed by atoms with Crippen LogP contribution in [0.1, 0.15) is 32.1 Å². The molecule has 0 saturated carbocycles. The zero-order chi connectivity index (χ0) is 21.3. The molecule has 7 nitrogen and oxygen atoms in total. The van der Waals surface area contributed by atoms with Crippen LogP contribution in [0.15, 0.2) is 53.9 Å². The Kier molecular flexibility index (Phi) is 7.40. The molecule has 0 aliphatic heterocycles. The number of nitrogens with one attached hydrogen (secondary N) is 2. The summed E-state index contributed by atoms with van der Waals surface area (Å²) in [5.41, 5.74) is 15.2. The number of unbranched alkanes of at least 4 members (excludes halogenated alkanes) is 2. The van der Waals surface area contributed by atoms with Gasteiger partial charge in [-0.1, -0.05) is 30.7 Å². The highest BCUT2D eigenvalue weighted by Crippen LogP contribution is 2.26. The summed E-state index contributed by atoms with van der Waals surface area (Å²) < 4.78 is 0. The van der Waals surface area contributed by atoms with Gasteiger partial charge in [-0.3, -0.25) is 9.59 Å². The van der Waals surface area contributed by atoms with Crippen molar-refractivity contribution in [1.82, 2.24) is 4.98 Å². The van der Waals surface area contributed by atoms with Crippen LogP contribution in [0.25, 0.3) is 11.3 Å². The number of hydrogen-bond acceptors (Lipinski definition) is 6. The van der Waals surface area contributed by atoms with Crippen molar-refractivity contribution in [2.45, 2.75) is 32.1 Å². The van der Waals surface area contributed by atoms with Crippen molar-refractivity contribution in [3.05, 3.63) is 53.9 Å². The van der Waals surface area contributed by atoms with E-state index in [2.05, 4.69) is 15.6 Å². The van der Waals surface area contributed by atoms with Crippen LogP contribution in [0.3, 0.4) is 0 Å². The fourth-order valence-electron chi connectivity index (χ4n) is 2.91. The first-order valence-electron chi connectivity index (χ1n) is 9.77. The van der Waals surface area contributed by atoms with Gasteiger partial charge in [-0.15, -0.1) is 11.3 Å². The van der Waals surface area contributed by atoms with E-state index in [9.17, 15) is 9.59 Å². The average molecular weight is 424 g/mol. The van der Waals surface area contributed by atoms with Crippen molar-refractivity contribution >= 4 is 45.3 Å². The number of anilines is 4. The normalized spacial score (nSPS) is 10.5. The van der Waals surface area contributed by atoms with Crippen LogP contribution >= 0.6 is 11.3 Å². The quantitative estimate of drug-likeness (QED) is 0.298. The lowest BCUT2D eigenvalue weighted by Gasteiger charge is -2.07. The second-order valence-electron chi connectivity index (χ2n) is 6.91. The van der Waals surface area contributed by atoms with E-state index in [-0.39, 0.29) is 11.8 Å². The van der Waals surface area contributed by atoms with Crippen LogP contribution in [0.5, 0.6) is 0 Å². The molecule has 30 heavy (non-hydrogen) atoms. The Morgan fingerprint density at radius 1 is 0.900 bits per heavy atom. The lowest BCUT2D eigenvalue weighted by atomic mass is 10.1. The molecular weight excluding hydrogens is 398 g/mol. The van der Waals surface area contributed by atoms with Crippen molar-refractivity contribution in [3.63, 3.8) is 0 Å². The summed E-state index contributed by atoms with van der Waals surface area (Å²) in [6.07, 6.45) is 2.99. The standard InChI is InChI=1S/C22H25N5O2S/c23-16-8-6-7-15(13-16)19-14-30-22(26-19)27-21(29)12-3-1-2-11-20(28)25-18-10-5-4-9-17(18)24/h4-10,13-14H,1-3,11-12,23-24H2,(H,25,28)(H,26,27,29). The smallest absolute Gasteiger partial charge is 0.226 e. The van der Waals surface area contributed by atoms with Crippen LogP contribution in [0.2, 0.25) is 0 Å². The SMILES string of the molecule is Nc1cccc(-c2csc(NC(=O)CCCCCC(=O)Nc3ccccc3N)n2)c1. The molecule has 0 saturated heterocycles. The molecule has 2 aromatic carbocycles. The summed E-state index contributed by atoms with van der Waals surface area (Å²) in [4.78, 5) is 28.6. The van der Waals surface area contributed by atoms with E-state index in [1.54, 1.807) is 12.1 Å². The topological polar surface area (TPSA) is 123 Å². The Hall–Kier alpha value is -3.39. The minimum absolute atomic E-state index is 0.0748. The van der Waals surface area contributed by atoms with Gasteiger partial charge in [0.2, 0.25) is 11.8 Å². The molecule has 156 valence electrons. The summed E-state index contributed by atoms with van der Waals surface area (Å²) >= 11 is 1.38. The fourth-order valence-corrected chi connectivity index (χ4v) is 3.65. The van der Waals surface area contributed by atoms with Crippen molar-refractivity contribution in [2.24, 2.45) is 0 Å². The van der Waals surface area contributed by atoms with E-state index in [1.807, 2.05) is 41.8 Å². The molecule has 0 radical (unpaired) electrons. The number of hydrogen-bond donors (Lipinski definition) is 4. The largest absolute Gasteiger partial charge is 0.399 e.